The first-order valence-electron chi connectivity index (χ1n) is 8.73. The Balaban J connectivity index is 1.82. The maximum Gasteiger partial charge on any atom is 0.266 e. The lowest BCUT2D eigenvalue weighted by Gasteiger charge is -2.12. The van der Waals surface area contributed by atoms with Crippen molar-refractivity contribution in [1.82, 2.24) is 0 Å². The van der Waals surface area contributed by atoms with E-state index in [9.17, 15) is 15.2 Å². The molecule has 0 radical (unpaired) electrons. The number of rotatable bonds is 6. The number of ether oxygens (including phenoxy) is 2. The summed E-state index contributed by atoms with van der Waals surface area (Å²) < 4.78 is 10.8. The molecule has 0 fully saturated rings. The van der Waals surface area contributed by atoms with Crippen molar-refractivity contribution >= 4 is 17.7 Å². The molecule has 0 saturated heterocycles. The van der Waals surface area contributed by atoms with E-state index < -0.39 is 5.91 Å². The zero-order valence-corrected chi connectivity index (χ0v) is 15.6. The van der Waals surface area contributed by atoms with Crippen LogP contribution in [0.4, 0.5) is 5.69 Å². The van der Waals surface area contributed by atoms with E-state index in [4.69, 9.17) is 9.47 Å². The molecule has 2 N–H and O–H groups in total. The van der Waals surface area contributed by atoms with Crippen molar-refractivity contribution < 1.29 is 19.4 Å². The van der Waals surface area contributed by atoms with Crippen molar-refractivity contribution in [2.24, 2.45) is 0 Å². The number of hydrogen-bond donors (Lipinski definition) is 2. The molecule has 144 valence electrons. The molecule has 0 atom stereocenters. The number of nitrogens with one attached hydrogen (secondary N) is 1. The zero-order chi connectivity index (χ0) is 20.6. The number of methoxy groups -OCH3 is 1. The largest absolute Gasteiger partial charge is 0.504 e. The number of para-hydroxylation sites is 3. The molecule has 3 aromatic rings. The van der Waals surface area contributed by atoms with E-state index in [2.05, 4.69) is 5.32 Å². The first kappa shape index (κ1) is 19.5. The van der Waals surface area contributed by atoms with Gasteiger partial charge in [-0.25, -0.2) is 0 Å². The van der Waals surface area contributed by atoms with Crippen LogP contribution in [0.25, 0.3) is 6.08 Å². The molecule has 1 amide bonds. The summed E-state index contributed by atoms with van der Waals surface area (Å²) in [6.07, 6.45) is 1.38. The molecular formula is C23H18N2O4. The van der Waals surface area contributed by atoms with E-state index >= 15 is 0 Å². The molecule has 3 aromatic carbocycles. The Hall–Kier alpha value is -4.24. The van der Waals surface area contributed by atoms with E-state index in [1.807, 2.05) is 24.3 Å². The number of nitriles is 1. The quantitative estimate of drug-likeness (QED) is 0.472. The third-order valence-corrected chi connectivity index (χ3v) is 3.99. The van der Waals surface area contributed by atoms with Gasteiger partial charge in [0, 0.05) is 0 Å². The predicted octanol–water partition coefficient (Wildman–Crippen LogP) is 4.74. The lowest BCUT2D eigenvalue weighted by Crippen LogP contribution is -2.14. The van der Waals surface area contributed by atoms with Crippen LogP contribution in [0.2, 0.25) is 0 Å². The van der Waals surface area contributed by atoms with Crippen LogP contribution in [0.5, 0.6) is 23.0 Å². The molecule has 0 aromatic heterocycles. The number of carbonyl (C=O) groups excluding carboxylic acids is 1. The summed E-state index contributed by atoms with van der Waals surface area (Å²) in [6, 6.07) is 22.6. The van der Waals surface area contributed by atoms with Crippen molar-refractivity contribution in [3.63, 3.8) is 0 Å². The number of benzene rings is 3. The van der Waals surface area contributed by atoms with Gasteiger partial charge in [-0.2, -0.15) is 5.26 Å². The van der Waals surface area contributed by atoms with Gasteiger partial charge in [0.2, 0.25) is 0 Å². The summed E-state index contributed by atoms with van der Waals surface area (Å²) >= 11 is 0. The average molecular weight is 386 g/mol. The topological polar surface area (TPSA) is 91.6 Å². The van der Waals surface area contributed by atoms with Gasteiger partial charge in [-0.15, -0.1) is 0 Å². The number of hydrogen-bond acceptors (Lipinski definition) is 5. The van der Waals surface area contributed by atoms with E-state index in [1.165, 1.54) is 19.3 Å². The van der Waals surface area contributed by atoms with Gasteiger partial charge in [0.05, 0.1) is 12.8 Å². The summed E-state index contributed by atoms with van der Waals surface area (Å²) in [6.45, 7) is 0. The highest BCUT2D eigenvalue weighted by atomic mass is 16.5. The second-order valence-electron chi connectivity index (χ2n) is 5.97. The van der Waals surface area contributed by atoms with Crippen LogP contribution in [-0.2, 0) is 4.79 Å². The van der Waals surface area contributed by atoms with Crippen molar-refractivity contribution in [3.05, 3.63) is 83.9 Å². The molecule has 0 aliphatic heterocycles. The number of carbonyl (C=O) groups is 1. The lowest BCUT2D eigenvalue weighted by atomic mass is 10.1. The molecule has 0 unspecified atom stereocenters. The van der Waals surface area contributed by atoms with Crippen LogP contribution in [0.1, 0.15) is 5.56 Å². The second kappa shape index (κ2) is 9.11. The number of anilines is 1. The minimum absolute atomic E-state index is 0.0828. The summed E-state index contributed by atoms with van der Waals surface area (Å²) in [4.78, 5) is 12.6. The van der Waals surface area contributed by atoms with Gasteiger partial charge in [-0.05, 0) is 48.0 Å². The van der Waals surface area contributed by atoms with Crippen LogP contribution in [0, 0.1) is 11.3 Å². The predicted molar refractivity (Wildman–Crippen MR) is 110 cm³/mol. The molecule has 0 saturated carbocycles. The molecule has 0 bridgehead atoms. The number of amides is 1. The van der Waals surface area contributed by atoms with E-state index in [0.29, 0.717) is 28.5 Å². The maximum absolute atomic E-state index is 12.6. The highest BCUT2D eigenvalue weighted by molar-refractivity contribution is 6.10. The van der Waals surface area contributed by atoms with Crippen molar-refractivity contribution in [2.75, 3.05) is 12.4 Å². The Morgan fingerprint density at radius 3 is 2.45 bits per heavy atom. The van der Waals surface area contributed by atoms with Gasteiger partial charge in [0.15, 0.2) is 17.2 Å². The fourth-order valence-corrected chi connectivity index (χ4v) is 2.58. The van der Waals surface area contributed by atoms with Gasteiger partial charge in [-0.1, -0.05) is 36.4 Å². The van der Waals surface area contributed by atoms with E-state index in [1.54, 1.807) is 48.5 Å². The minimum atomic E-state index is -0.591. The molecule has 6 heteroatoms. The van der Waals surface area contributed by atoms with Crippen LogP contribution >= 0.6 is 0 Å². The van der Waals surface area contributed by atoms with Gasteiger partial charge >= 0.3 is 0 Å². The molecule has 6 nitrogen and oxygen atoms in total. The zero-order valence-electron chi connectivity index (χ0n) is 15.6. The summed E-state index contributed by atoms with van der Waals surface area (Å²) in [5.41, 5.74) is 0.799. The van der Waals surface area contributed by atoms with Crippen molar-refractivity contribution in [2.45, 2.75) is 0 Å². The summed E-state index contributed by atoms with van der Waals surface area (Å²) in [5.74, 6) is 0.704. The number of aromatic hydroxyl groups is 1. The molecule has 0 aliphatic carbocycles. The number of nitrogens with zero attached hydrogens (tertiary/aromatic N) is 1. The SMILES string of the molecule is COc1ccc(/C=C(/C#N)C(=O)Nc2ccccc2Oc2ccccc2)cc1O. The molecule has 3 rings (SSSR count). The smallest absolute Gasteiger partial charge is 0.266 e. The maximum atomic E-state index is 12.6. The van der Waals surface area contributed by atoms with Crippen LogP contribution in [-0.4, -0.2) is 18.1 Å². The highest BCUT2D eigenvalue weighted by Crippen LogP contribution is 2.30. The third kappa shape index (κ3) is 4.93. The van der Waals surface area contributed by atoms with Crippen LogP contribution < -0.4 is 14.8 Å². The van der Waals surface area contributed by atoms with Gasteiger partial charge < -0.3 is 19.9 Å². The molecule has 29 heavy (non-hydrogen) atoms. The first-order valence-corrected chi connectivity index (χ1v) is 8.73. The van der Waals surface area contributed by atoms with E-state index in [-0.39, 0.29) is 11.3 Å². The Morgan fingerprint density at radius 2 is 1.76 bits per heavy atom. The Morgan fingerprint density at radius 1 is 1.03 bits per heavy atom. The standard InChI is InChI=1S/C23H18N2O4/c1-28-22-12-11-16(14-20(22)26)13-17(15-24)23(27)25-19-9-5-6-10-21(19)29-18-7-3-2-4-8-18/h2-14,26H,1H3,(H,25,27)/b17-13-. The lowest BCUT2D eigenvalue weighted by molar-refractivity contribution is -0.112. The summed E-state index contributed by atoms with van der Waals surface area (Å²) in [7, 11) is 1.44. The van der Waals surface area contributed by atoms with E-state index in [0.717, 1.165) is 0 Å². The normalized spacial score (nSPS) is 10.7. The first-order chi connectivity index (χ1) is 14.1. The monoisotopic (exact) mass is 386 g/mol. The molecular weight excluding hydrogens is 368 g/mol. The average Bonchev–Trinajstić information content (AvgIpc) is 2.74. The van der Waals surface area contributed by atoms with Crippen LogP contribution in [0.15, 0.2) is 78.4 Å². The number of phenolic OH excluding ortho intramolecular Hbond substituents is 1. The highest BCUT2D eigenvalue weighted by Gasteiger charge is 2.13. The molecule has 0 heterocycles. The molecule has 0 aliphatic rings. The van der Waals surface area contributed by atoms with Gasteiger partial charge in [0.25, 0.3) is 5.91 Å². The van der Waals surface area contributed by atoms with Crippen LogP contribution in [0.3, 0.4) is 0 Å². The Labute approximate surface area is 168 Å². The Bertz CT molecular complexity index is 1090. The third-order valence-electron chi connectivity index (χ3n) is 3.99. The van der Waals surface area contributed by atoms with Crippen molar-refractivity contribution in [3.8, 4) is 29.1 Å². The van der Waals surface area contributed by atoms with Gasteiger partial charge in [0.1, 0.15) is 17.4 Å². The number of phenols is 1. The van der Waals surface area contributed by atoms with Crippen molar-refractivity contribution in [1.29, 1.82) is 5.26 Å². The summed E-state index contributed by atoms with van der Waals surface area (Å²) in [5, 5.41) is 22.0. The minimum Gasteiger partial charge on any atom is -0.504 e. The fraction of sp³-hybridized carbons (Fsp3) is 0.0435. The van der Waals surface area contributed by atoms with Gasteiger partial charge in [-0.3, -0.25) is 4.79 Å². The molecule has 0 spiro atoms. The Kier molecular flexibility index (Phi) is 6.13. The fourth-order valence-electron chi connectivity index (χ4n) is 2.58. The second-order valence-corrected chi connectivity index (χ2v) is 5.97.